The molecule has 2 aromatic heterocycles. The van der Waals surface area contributed by atoms with Gasteiger partial charge in [0.1, 0.15) is 23.9 Å². The molecule has 2 amide bonds. The molecule has 328 valence electrons. The largest absolute Gasteiger partial charge is 0.495 e. The monoisotopic (exact) mass is 938 g/mol. The van der Waals surface area contributed by atoms with E-state index < -0.39 is 11.5 Å². The molecule has 14 nitrogen and oxygen atoms in total. The number of aromatic amines is 1. The summed E-state index contributed by atoms with van der Waals surface area (Å²) in [5.74, 6) is 0.170. The van der Waals surface area contributed by atoms with Crippen LogP contribution in [0.2, 0.25) is 20.1 Å². The van der Waals surface area contributed by atoms with Crippen molar-refractivity contribution in [3.63, 3.8) is 0 Å². The molecule has 4 aromatic carbocycles. The molecule has 2 aliphatic heterocycles. The van der Waals surface area contributed by atoms with Crippen molar-refractivity contribution in [3.8, 4) is 11.5 Å². The van der Waals surface area contributed by atoms with Crippen molar-refractivity contribution in [2.24, 2.45) is 0 Å². The second-order valence-electron chi connectivity index (χ2n) is 13.2. The number of carbonyl (C=O) groups excluding carboxylic acids is 2. The van der Waals surface area contributed by atoms with Crippen LogP contribution in [-0.2, 0) is 16.1 Å². The van der Waals surface area contributed by atoms with E-state index in [2.05, 4.69) is 14.8 Å². The number of alkyl halides is 1. The molecule has 2 saturated heterocycles. The molecule has 2 aliphatic rings. The Morgan fingerprint density at radius 2 is 1.13 bits per heavy atom. The lowest BCUT2D eigenvalue weighted by Gasteiger charge is -2.36. The predicted octanol–water partition coefficient (Wildman–Crippen LogP) is 8.54. The Kier molecular flexibility index (Phi) is 17.7. The number of carbonyl (C=O) groups is 2. The van der Waals surface area contributed by atoms with Crippen LogP contribution >= 0.6 is 58.0 Å². The normalized spacial score (nSPS) is 13.6. The minimum Gasteiger partial charge on any atom is -0.495 e. The fourth-order valence-corrected chi connectivity index (χ4v) is 7.44. The second-order valence-corrected chi connectivity index (χ2v) is 15.2. The number of methoxy groups -OCH3 is 2. The van der Waals surface area contributed by atoms with Gasteiger partial charge in [-0.1, -0.05) is 61.3 Å². The van der Waals surface area contributed by atoms with Crippen LogP contribution in [0.1, 0.15) is 14.9 Å². The summed E-state index contributed by atoms with van der Waals surface area (Å²) < 4.78 is 21.8. The Bertz CT molecular complexity index is 2540. The van der Waals surface area contributed by atoms with E-state index in [-0.39, 0.29) is 39.1 Å². The van der Waals surface area contributed by atoms with E-state index in [4.69, 9.17) is 76.3 Å². The van der Waals surface area contributed by atoms with Gasteiger partial charge in [-0.3, -0.25) is 19.1 Å². The van der Waals surface area contributed by atoms with Gasteiger partial charge in [-0.05, 0) is 60.7 Å². The number of benzene rings is 4. The number of hydrogen-bond acceptors (Lipinski definition) is 10. The van der Waals surface area contributed by atoms with Gasteiger partial charge < -0.3 is 37.9 Å². The number of oxazole rings is 2. The fourth-order valence-electron chi connectivity index (χ4n) is 6.55. The minimum absolute atomic E-state index is 0. The second kappa shape index (κ2) is 22.2. The van der Waals surface area contributed by atoms with Gasteiger partial charge in [0.15, 0.2) is 11.2 Å². The molecule has 0 bridgehead atoms. The first-order chi connectivity index (χ1) is 28.4. The lowest BCUT2D eigenvalue weighted by atomic mass is 10.2. The van der Waals surface area contributed by atoms with E-state index in [1.807, 2.05) is 30.3 Å². The Morgan fingerprint density at radius 1 is 0.639 bits per heavy atom. The van der Waals surface area contributed by atoms with Gasteiger partial charge in [-0.15, -0.1) is 11.6 Å². The van der Waals surface area contributed by atoms with E-state index in [9.17, 15) is 19.2 Å². The zero-order valence-electron chi connectivity index (χ0n) is 31.9. The van der Waals surface area contributed by atoms with Gasteiger partial charge in [-0.2, -0.15) is 0 Å². The van der Waals surface area contributed by atoms with Crippen molar-refractivity contribution in [3.05, 3.63) is 114 Å². The minimum atomic E-state index is -0.567. The van der Waals surface area contributed by atoms with Gasteiger partial charge in [-0.25, -0.2) is 9.59 Å². The van der Waals surface area contributed by atoms with Crippen LogP contribution in [0.25, 0.3) is 22.2 Å². The van der Waals surface area contributed by atoms with Gasteiger partial charge in [0, 0.05) is 85.9 Å². The molecule has 2 fully saturated rings. The van der Waals surface area contributed by atoms with Crippen LogP contribution < -0.4 is 30.8 Å². The summed E-state index contributed by atoms with van der Waals surface area (Å²) in [6, 6.07) is 21.2. The number of anilines is 2. The number of amides is 2. The van der Waals surface area contributed by atoms with Crippen molar-refractivity contribution in [1.82, 2.24) is 19.4 Å². The fraction of sp³-hybridized carbons (Fsp3) is 0.333. The first kappa shape index (κ1) is 48.7. The quantitative estimate of drug-likeness (QED) is 0.155. The SMILES string of the molecule is C.C.COc1cc(N2CCN(C(=O)CCl)CC2)ccc1Cl.COc1cc(N2CCN(C(=O)Cn3c(=O)oc4ccc(Cl)cc43)CC2)ccc1Cl.O=c1[nH]c2cc(Cl)ccc2o1. The smallest absolute Gasteiger partial charge is 0.420 e. The lowest BCUT2D eigenvalue weighted by molar-refractivity contribution is -0.132. The maximum absolute atomic E-state index is 12.8. The molecule has 4 heterocycles. The number of nitrogens with zero attached hydrogens (tertiary/aromatic N) is 5. The molecule has 8 rings (SSSR count). The third-order valence-corrected chi connectivity index (χ3v) is 11.0. The maximum Gasteiger partial charge on any atom is 0.420 e. The molecule has 6 aromatic rings. The number of aromatic nitrogens is 2. The summed E-state index contributed by atoms with van der Waals surface area (Å²) in [6.45, 7) is 5.31. The number of fused-ring (bicyclic) bond motifs is 2. The summed E-state index contributed by atoms with van der Waals surface area (Å²) in [7, 11) is 3.18. The maximum atomic E-state index is 12.8. The van der Waals surface area contributed by atoms with Crippen molar-refractivity contribution in [1.29, 1.82) is 0 Å². The molecule has 0 atom stereocenters. The number of H-pyrrole nitrogens is 1. The molecule has 0 spiro atoms. The summed E-state index contributed by atoms with van der Waals surface area (Å²) in [5.41, 5.74) is 4.13. The molecule has 0 unspecified atom stereocenters. The molecule has 0 aliphatic carbocycles. The molecule has 0 saturated carbocycles. The van der Waals surface area contributed by atoms with E-state index >= 15 is 0 Å². The lowest BCUT2D eigenvalue weighted by Crippen LogP contribution is -2.50. The molecule has 0 radical (unpaired) electrons. The van der Waals surface area contributed by atoms with Gasteiger partial charge in [0.2, 0.25) is 11.8 Å². The van der Waals surface area contributed by atoms with Crippen LogP contribution in [0, 0.1) is 0 Å². The number of halogens is 5. The van der Waals surface area contributed by atoms with Crippen LogP contribution in [0.4, 0.5) is 11.4 Å². The van der Waals surface area contributed by atoms with Crippen LogP contribution in [-0.4, -0.2) is 104 Å². The molecular weight excluding hydrogens is 894 g/mol. The Morgan fingerprint density at radius 3 is 1.64 bits per heavy atom. The molecule has 19 heteroatoms. The first-order valence-corrected chi connectivity index (χ1v) is 20.3. The van der Waals surface area contributed by atoms with Crippen molar-refractivity contribution in [2.75, 3.05) is 82.3 Å². The Labute approximate surface area is 377 Å². The average molecular weight is 941 g/mol. The van der Waals surface area contributed by atoms with E-state index in [1.54, 1.807) is 66.5 Å². The third-order valence-electron chi connectivity index (χ3n) is 9.68. The first-order valence-electron chi connectivity index (χ1n) is 18.2. The highest BCUT2D eigenvalue weighted by Crippen LogP contribution is 2.31. The number of hydrogen-bond donors (Lipinski definition) is 1. The number of ether oxygens (including phenoxy) is 2. The van der Waals surface area contributed by atoms with Crippen LogP contribution in [0.5, 0.6) is 11.5 Å². The highest BCUT2D eigenvalue weighted by molar-refractivity contribution is 6.32. The highest BCUT2D eigenvalue weighted by Gasteiger charge is 2.24. The topological polar surface area (TPSA) is 147 Å². The zero-order valence-corrected chi connectivity index (χ0v) is 35.7. The molecular formula is C42H47Cl5N6O8. The summed E-state index contributed by atoms with van der Waals surface area (Å²) >= 11 is 29.3. The molecule has 1 N–H and O–H groups in total. The number of nitrogens with one attached hydrogen (secondary N) is 1. The standard InChI is InChI=1S/C20H19Cl2N3O4.C13H16Cl2N2O2.C7H4ClNO2.2CH4/c1-28-18-11-14(3-4-15(18)22)23-6-8-24(9-7-23)19(26)12-25-16-10-13(21)2-5-17(16)29-20(25)27;1-19-12-8-10(2-3-11(12)15)16-4-6-17(7-5-16)13(18)9-14;8-4-1-2-6-5(3-4)9-7(10)11-6;;/h2-5,10-11H,6-9,12H2,1H3;2-3,8H,4-7,9H2,1H3;1-3H,(H,9,10);2*1H4. The summed E-state index contributed by atoms with van der Waals surface area (Å²) in [6.07, 6.45) is 0. The van der Waals surface area contributed by atoms with Crippen molar-refractivity contribution >= 4 is 103 Å². The summed E-state index contributed by atoms with van der Waals surface area (Å²) in [4.78, 5) is 57.4. The zero-order chi connectivity index (χ0) is 42.2. The Hall–Kier alpha value is -4.99. The van der Waals surface area contributed by atoms with Gasteiger partial charge in [0.05, 0.1) is 35.3 Å². The van der Waals surface area contributed by atoms with Crippen molar-refractivity contribution in [2.45, 2.75) is 21.4 Å². The molecule has 61 heavy (non-hydrogen) atoms. The predicted molar refractivity (Wildman–Crippen MR) is 245 cm³/mol. The van der Waals surface area contributed by atoms with Crippen LogP contribution in [0.3, 0.4) is 0 Å². The van der Waals surface area contributed by atoms with E-state index in [0.29, 0.717) is 93.1 Å². The average Bonchev–Trinajstić information content (AvgIpc) is 3.77. The number of piperazine rings is 2. The number of rotatable bonds is 7. The third kappa shape index (κ3) is 12.1. The van der Waals surface area contributed by atoms with Crippen LogP contribution in [0.15, 0.2) is 91.2 Å². The van der Waals surface area contributed by atoms with Gasteiger partial charge in [0.25, 0.3) is 0 Å². The van der Waals surface area contributed by atoms with Gasteiger partial charge >= 0.3 is 11.5 Å². The van der Waals surface area contributed by atoms with Crippen molar-refractivity contribution < 1.29 is 27.9 Å². The Balaban J connectivity index is 0.000000220. The van der Waals surface area contributed by atoms with E-state index in [1.165, 1.54) is 4.57 Å². The highest BCUT2D eigenvalue weighted by atomic mass is 35.5. The van der Waals surface area contributed by atoms with E-state index in [0.717, 1.165) is 24.5 Å². The summed E-state index contributed by atoms with van der Waals surface area (Å²) in [5, 5.41) is 2.21.